The van der Waals surface area contributed by atoms with Crippen molar-refractivity contribution in [3.63, 3.8) is 0 Å². The van der Waals surface area contributed by atoms with Gasteiger partial charge < -0.3 is 14.6 Å². The van der Waals surface area contributed by atoms with Crippen molar-refractivity contribution in [2.75, 3.05) is 5.32 Å². The third kappa shape index (κ3) is 3.50. The zero-order valence-corrected chi connectivity index (χ0v) is 12.4. The molecule has 0 saturated carbocycles. The second-order valence-electron chi connectivity index (χ2n) is 4.39. The average Bonchev–Trinajstić information content (AvgIpc) is 2.94. The summed E-state index contributed by atoms with van der Waals surface area (Å²) in [7, 11) is 0. The lowest BCUT2D eigenvalue weighted by molar-refractivity contribution is 0.242. The smallest absolute Gasteiger partial charge is 0.264 e. The van der Waals surface area contributed by atoms with E-state index < -0.39 is 0 Å². The molecule has 0 unspecified atom stereocenters. The van der Waals surface area contributed by atoms with Crippen LogP contribution in [0.2, 0.25) is 5.02 Å². The number of ether oxygens (including phenoxy) is 1. The Kier molecular flexibility index (Phi) is 4.15. The molecule has 112 valence electrons. The van der Waals surface area contributed by atoms with Crippen LogP contribution in [0.5, 0.6) is 5.75 Å². The van der Waals surface area contributed by atoms with Crippen molar-refractivity contribution in [3.8, 4) is 5.75 Å². The number of aromatic nitrogens is 4. The summed E-state index contributed by atoms with van der Waals surface area (Å²) in [5, 5.41) is 7.25. The van der Waals surface area contributed by atoms with Gasteiger partial charge in [-0.25, -0.2) is 9.97 Å². The molecule has 0 fully saturated rings. The predicted molar refractivity (Wildman–Crippen MR) is 80.1 cm³/mol. The molecule has 7 nitrogen and oxygen atoms in total. The topological polar surface area (TPSA) is 86.0 Å². The van der Waals surface area contributed by atoms with Gasteiger partial charge in [0.25, 0.3) is 5.89 Å². The molecule has 8 heteroatoms. The first-order valence-corrected chi connectivity index (χ1v) is 6.83. The Morgan fingerprint density at radius 3 is 2.77 bits per heavy atom. The Hall–Kier alpha value is -2.67. The Labute approximate surface area is 131 Å². The molecule has 0 saturated heterocycles. The lowest BCUT2D eigenvalue weighted by Gasteiger charge is -2.08. The number of benzene rings is 1. The first kappa shape index (κ1) is 14.3. The van der Waals surface area contributed by atoms with Crippen molar-refractivity contribution in [2.45, 2.75) is 13.5 Å². The van der Waals surface area contributed by atoms with Crippen molar-refractivity contribution < 1.29 is 9.26 Å². The lowest BCUT2D eigenvalue weighted by Crippen LogP contribution is -1.97. The van der Waals surface area contributed by atoms with E-state index >= 15 is 0 Å². The zero-order valence-electron chi connectivity index (χ0n) is 11.7. The Morgan fingerprint density at radius 2 is 2.09 bits per heavy atom. The maximum absolute atomic E-state index is 5.99. The minimum Gasteiger partial charge on any atom is -0.484 e. The molecule has 0 aliphatic heterocycles. The first-order valence-electron chi connectivity index (χ1n) is 6.45. The third-order valence-electron chi connectivity index (χ3n) is 2.72. The first-order chi connectivity index (χ1) is 10.7. The maximum atomic E-state index is 5.99. The van der Waals surface area contributed by atoms with E-state index in [2.05, 4.69) is 25.4 Å². The summed E-state index contributed by atoms with van der Waals surface area (Å²) in [6, 6.07) is 7.35. The Morgan fingerprint density at radius 1 is 1.27 bits per heavy atom. The van der Waals surface area contributed by atoms with Crippen LogP contribution in [0.1, 0.15) is 11.7 Å². The zero-order chi connectivity index (χ0) is 15.4. The van der Waals surface area contributed by atoms with E-state index in [4.69, 9.17) is 20.9 Å². The van der Waals surface area contributed by atoms with E-state index in [1.54, 1.807) is 6.92 Å². The maximum Gasteiger partial charge on any atom is 0.264 e. The number of aryl methyl sites for hydroxylation is 1. The van der Waals surface area contributed by atoms with E-state index in [1.165, 1.54) is 12.5 Å². The van der Waals surface area contributed by atoms with Crippen molar-refractivity contribution >= 4 is 23.1 Å². The quantitative estimate of drug-likeness (QED) is 0.773. The van der Waals surface area contributed by atoms with Gasteiger partial charge in [0.05, 0.1) is 6.20 Å². The standard InChI is InChI=1S/C14H12ClN5O2/c1-9-18-13(22-20-9)7-21-11-4-2-10(3-5-11)19-14-12(15)6-16-8-17-14/h2-6,8H,7H2,1H3,(H,16,17,19). The average molecular weight is 318 g/mol. The van der Waals surface area contributed by atoms with E-state index in [-0.39, 0.29) is 6.61 Å². The van der Waals surface area contributed by atoms with Crippen LogP contribution in [0.3, 0.4) is 0 Å². The molecule has 2 aromatic heterocycles. The van der Waals surface area contributed by atoms with Crippen LogP contribution in [-0.4, -0.2) is 20.1 Å². The van der Waals surface area contributed by atoms with E-state index in [0.717, 1.165) is 5.69 Å². The number of hydrogen-bond donors (Lipinski definition) is 1. The minimum atomic E-state index is 0.228. The molecule has 0 aliphatic carbocycles. The van der Waals surface area contributed by atoms with Gasteiger partial charge in [-0.3, -0.25) is 0 Å². The van der Waals surface area contributed by atoms with Gasteiger partial charge in [0, 0.05) is 5.69 Å². The molecular weight excluding hydrogens is 306 g/mol. The highest BCUT2D eigenvalue weighted by molar-refractivity contribution is 6.32. The molecule has 1 aromatic carbocycles. The van der Waals surface area contributed by atoms with Gasteiger partial charge in [0.15, 0.2) is 18.2 Å². The molecule has 1 N–H and O–H groups in total. The van der Waals surface area contributed by atoms with E-state index in [1.807, 2.05) is 24.3 Å². The Balaban J connectivity index is 1.61. The van der Waals surface area contributed by atoms with Gasteiger partial charge in [-0.15, -0.1) is 0 Å². The summed E-state index contributed by atoms with van der Waals surface area (Å²) in [5.41, 5.74) is 0.835. The van der Waals surface area contributed by atoms with Crippen LogP contribution in [0, 0.1) is 6.92 Å². The number of hydrogen-bond acceptors (Lipinski definition) is 7. The van der Waals surface area contributed by atoms with Crippen LogP contribution in [0.4, 0.5) is 11.5 Å². The molecule has 0 aliphatic rings. The van der Waals surface area contributed by atoms with Crippen molar-refractivity contribution in [1.29, 1.82) is 0 Å². The molecule has 0 bridgehead atoms. The van der Waals surface area contributed by atoms with Gasteiger partial charge in [0.1, 0.15) is 17.1 Å². The molecule has 2 heterocycles. The van der Waals surface area contributed by atoms with Gasteiger partial charge in [-0.1, -0.05) is 16.8 Å². The molecule has 0 radical (unpaired) electrons. The lowest BCUT2D eigenvalue weighted by atomic mass is 10.3. The minimum absolute atomic E-state index is 0.228. The van der Waals surface area contributed by atoms with Crippen LogP contribution in [0.15, 0.2) is 41.3 Å². The van der Waals surface area contributed by atoms with Crippen molar-refractivity contribution in [3.05, 3.63) is 53.5 Å². The summed E-state index contributed by atoms with van der Waals surface area (Å²) in [5.74, 6) is 2.26. The number of halogens is 1. The number of nitrogens with zero attached hydrogens (tertiary/aromatic N) is 4. The molecule has 3 rings (SSSR count). The second kappa shape index (κ2) is 6.40. The fourth-order valence-corrected chi connectivity index (χ4v) is 1.87. The SMILES string of the molecule is Cc1noc(COc2ccc(Nc3ncncc3Cl)cc2)n1. The van der Waals surface area contributed by atoms with Crippen molar-refractivity contribution in [2.24, 2.45) is 0 Å². The summed E-state index contributed by atoms with van der Waals surface area (Å²) in [6.07, 6.45) is 2.96. The third-order valence-corrected chi connectivity index (χ3v) is 2.99. The van der Waals surface area contributed by atoms with Gasteiger partial charge in [-0.05, 0) is 31.2 Å². The molecule has 0 amide bonds. The van der Waals surface area contributed by atoms with E-state index in [0.29, 0.717) is 28.3 Å². The fraction of sp³-hybridized carbons (Fsp3) is 0.143. The highest BCUT2D eigenvalue weighted by Crippen LogP contribution is 2.23. The van der Waals surface area contributed by atoms with Crippen LogP contribution < -0.4 is 10.1 Å². The molecule has 0 spiro atoms. The summed E-state index contributed by atoms with van der Waals surface area (Å²) >= 11 is 5.99. The molecule has 22 heavy (non-hydrogen) atoms. The van der Waals surface area contributed by atoms with Crippen LogP contribution in [0.25, 0.3) is 0 Å². The molecular formula is C14H12ClN5O2. The summed E-state index contributed by atoms with van der Waals surface area (Å²) in [4.78, 5) is 12.0. The van der Waals surface area contributed by atoms with Gasteiger partial charge in [-0.2, -0.15) is 4.98 Å². The molecule has 0 atom stereocenters. The highest BCUT2D eigenvalue weighted by Gasteiger charge is 2.05. The number of anilines is 2. The van der Waals surface area contributed by atoms with Crippen LogP contribution in [-0.2, 0) is 6.61 Å². The monoisotopic (exact) mass is 317 g/mol. The largest absolute Gasteiger partial charge is 0.484 e. The second-order valence-corrected chi connectivity index (χ2v) is 4.80. The number of rotatable bonds is 5. The van der Waals surface area contributed by atoms with Gasteiger partial charge >= 0.3 is 0 Å². The Bertz CT molecular complexity index is 760. The normalized spacial score (nSPS) is 10.5. The summed E-state index contributed by atoms with van der Waals surface area (Å²) in [6.45, 7) is 1.98. The van der Waals surface area contributed by atoms with E-state index in [9.17, 15) is 0 Å². The molecule has 3 aromatic rings. The fourth-order valence-electron chi connectivity index (χ4n) is 1.72. The predicted octanol–water partition coefficient (Wildman–Crippen LogP) is 3.14. The van der Waals surface area contributed by atoms with Crippen LogP contribution >= 0.6 is 11.6 Å². The summed E-state index contributed by atoms with van der Waals surface area (Å²) < 4.78 is 10.5. The van der Waals surface area contributed by atoms with Gasteiger partial charge in [0.2, 0.25) is 0 Å². The number of nitrogens with one attached hydrogen (secondary N) is 1. The highest BCUT2D eigenvalue weighted by atomic mass is 35.5. The van der Waals surface area contributed by atoms with Crippen molar-refractivity contribution in [1.82, 2.24) is 20.1 Å².